The summed E-state index contributed by atoms with van der Waals surface area (Å²) in [4.78, 5) is 0. The van der Waals surface area contributed by atoms with Gasteiger partial charge in [0.15, 0.2) is 0 Å². The third-order valence-corrected chi connectivity index (χ3v) is 1.46. The van der Waals surface area contributed by atoms with Gasteiger partial charge in [-0.05, 0) is 13.3 Å². The number of nitrogens with two attached hydrogens (primary N) is 2. The fraction of sp³-hybridized carbons (Fsp3) is 1.00. The minimum Gasteiger partial charge on any atom is -0.390 e. The number of hydrogen-bond donors (Lipinski definition) is 3. The topological polar surface area (TPSA) is 72.3 Å². The highest BCUT2D eigenvalue weighted by molar-refractivity contribution is 4.81. The molecule has 0 bridgehead atoms. The van der Waals surface area contributed by atoms with Gasteiger partial charge >= 0.3 is 0 Å². The lowest BCUT2D eigenvalue weighted by Crippen LogP contribution is -2.57. The van der Waals surface area contributed by atoms with Gasteiger partial charge in [-0.25, -0.2) is 0 Å². The molecule has 0 spiro atoms. The van der Waals surface area contributed by atoms with Crippen molar-refractivity contribution in [2.45, 2.75) is 38.5 Å². The predicted octanol–water partition coefficient (Wildman–Crippen LogP) is -0.219. The van der Waals surface area contributed by atoms with Crippen molar-refractivity contribution >= 4 is 0 Å². The van der Waals surface area contributed by atoms with Crippen molar-refractivity contribution in [3.05, 3.63) is 0 Å². The van der Waals surface area contributed by atoms with Crippen molar-refractivity contribution < 1.29 is 5.11 Å². The standard InChI is InChI=1S/C6H16N2O/c1-3-4-6(7,8)5(2)9/h5,9H,3-4,7-8H2,1-2H3. The first kappa shape index (κ1) is 8.88. The zero-order valence-electron chi connectivity index (χ0n) is 6.09. The summed E-state index contributed by atoms with van der Waals surface area (Å²) in [6.07, 6.45) is 0.931. The molecule has 9 heavy (non-hydrogen) atoms. The molecule has 5 N–H and O–H groups in total. The molecule has 0 saturated heterocycles. The van der Waals surface area contributed by atoms with Crippen LogP contribution in [0.15, 0.2) is 0 Å². The summed E-state index contributed by atoms with van der Waals surface area (Å²) < 4.78 is 0. The molecule has 0 aromatic rings. The summed E-state index contributed by atoms with van der Waals surface area (Å²) in [6, 6.07) is 0. The Morgan fingerprint density at radius 2 is 2.00 bits per heavy atom. The summed E-state index contributed by atoms with van der Waals surface area (Å²) in [5, 5.41) is 8.96. The molecule has 0 radical (unpaired) electrons. The SMILES string of the molecule is CCCC(N)(N)C(C)O. The van der Waals surface area contributed by atoms with Crippen LogP contribution in [0.1, 0.15) is 26.7 Å². The summed E-state index contributed by atoms with van der Waals surface area (Å²) in [5.74, 6) is 0. The molecule has 0 saturated carbocycles. The summed E-state index contributed by atoms with van der Waals surface area (Å²) >= 11 is 0. The Labute approximate surface area is 56.0 Å². The van der Waals surface area contributed by atoms with Crippen LogP contribution >= 0.6 is 0 Å². The van der Waals surface area contributed by atoms with Gasteiger partial charge in [-0.15, -0.1) is 0 Å². The quantitative estimate of drug-likeness (QED) is 0.465. The summed E-state index contributed by atoms with van der Waals surface area (Å²) in [5.41, 5.74) is 10.1. The van der Waals surface area contributed by atoms with Gasteiger partial charge in [-0.1, -0.05) is 13.3 Å². The molecule has 0 fully saturated rings. The highest BCUT2D eigenvalue weighted by atomic mass is 16.3. The van der Waals surface area contributed by atoms with Crippen molar-refractivity contribution in [1.82, 2.24) is 0 Å². The molecule has 3 heteroatoms. The number of aliphatic hydroxyl groups excluding tert-OH is 1. The maximum atomic E-state index is 8.96. The van der Waals surface area contributed by atoms with Gasteiger partial charge in [-0.2, -0.15) is 0 Å². The second-order valence-corrected chi connectivity index (χ2v) is 2.54. The van der Waals surface area contributed by atoms with E-state index < -0.39 is 11.8 Å². The van der Waals surface area contributed by atoms with Crippen LogP contribution < -0.4 is 11.5 Å². The van der Waals surface area contributed by atoms with Crippen LogP contribution in [0, 0.1) is 0 Å². The Morgan fingerprint density at radius 1 is 1.56 bits per heavy atom. The summed E-state index contributed by atoms with van der Waals surface area (Å²) in [7, 11) is 0. The first-order valence-corrected chi connectivity index (χ1v) is 3.26. The van der Waals surface area contributed by atoms with E-state index in [4.69, 9.17) is 16.6 Å². The van der Waals surface area contributed by atoms with E-state index in [0.29, 0.717) is 6.42 Å². The van der Waals surface area contributed by atoms with Gasteiger partial charge < -0.3 is 16.6 Å². The third kappa shape index (κ3) is 2.79. The van der Waals surface area contributed by atoms with E-state index in [9.17, 15) is 0 Å². The second kappa shape index (κ2) is 3.15. The first-order chi connectivity index (χ1) is 4.00. The Hall–Kier alpha value is -0.120. The normalized spacial score (nSPS) is 15.7. The number of rotatable bonds is 3. The first-order valence-electron chi connectivity index (χ1n) is 3.26. The molecular weight excluding hydrogens is 116 g/mol. The van der Waals surface area contributed by atoms with E-state index in [-0.39, 0.29) is 0 Å². The minimum absolute atomic E-state index is 0.627. The van der Waals surface area contributed by atoms with E-state index in [1.807, 2.05) is 6.92 Å². The van der Waals surface area contributed by atoms with E-state index >= 15 is 0 Å². The van der Waals surface area contributed by atoms with E-state index in [2.05, 4.69) is 0 Å². The molecule has 0 aromatic carbocycles. The Balaban J connectivity index is 3.70. The molecule has 0 aliphatic heterocycles. The molecule has 0 aliphatic rings. The van der Waals surface area contributed by atoms with Gasteiger partial charge in [0.2, 0.25) is 0 Å². The summed E-state index contributed by atoms with van der Waals surface area (Å²) in [6.45, 7) is 3.59. The Morgan fingerprint density at radius 3 is 2.11 bits per heavy atom. The minimum atomic E-state index is -0.894. The van der Waals surface area contributed by atoms with Gasteiger partial charge in [-0.3, -0.25) is 0 Å². The third-order valence-electron chi connectivity index (χ3n) is 1.46. The lowest BCUT2D eigenvalue weighted by molar-refractivity contribution is 0.0975. The molecule has 0 aromatic heterocycles. The van der Waals surface area contributed by atoms with Crippen LogP contribution in [0.5, 0.6) is 0 Å². The fourth-order valence-electron chi connectivity index (χ4n) is 0.642. The van der Waals surface area contributed by atoms with Gasteiger partial charge in [0, 0.05) is 0 Å². The van der Waals surface area contributed by atoms with Crippen LogP contribution in [0.2, 0.25) is 0 Å². The predicted molar refractivity (Wildman–Crippen MR) is 37.7 cm³/mol. The average molecular weight is 132 g/mol. The lowest BCUT2D eigenvalue weighted by Gasteiger charge is -2.26. The van der Waals surface area contributed by atoms with E-state index in [1.54, 1.807) is 6.92 Å². The zero-order valence-corrected chi connectivity index (χ0v) is 6.09. The molecule has 3 nitrogen and oxygen atoms in total. The van der Waals surface area contributed by atoms with E-state index in [1.165, 1.54) is 0 Å². The molecule has 0 amide bonds. The van der Waals surface area contributed by atoms with Crippen LogP contribution in [-0.4, -0.2) is 16.9 Å². The van der Waals surface area contributed by atoms with E-state index in [0.717, 1.165) is 6.42 Å². The smallest absolute Gasteiger partial charge is 0.0900 e. The van der Waals surface area contributed by atoms with Crippen LogP contribution in [0.3, 0.4) is 0 Å². The molecule has 56 valence electrons. The lowest BCUT2D eigenvalue weighted by atomic mass is 10.0. The van der Waals surface area contributed by atoms with Crippen molar-refractivity contribution in [1.29, 1.82) is 0 Å². The largest absolute Gasteiger partial charge is 0.390 e. The molecule has 0 rings (SSSR count). The highest BCUT2D eigenvalue weighted by Crippen LogP contribution is 2.06. The van der Waals surface area contributed by atoms with Crippen LogP contribution in [0.25, 0.3) is 0 Å². The van der Waals surface area contributed by atoms with Gasteiger partial charge in [0.05, 0.1) is 11.8 Å². The van der Waals surface area contributed by atoms with Crippen molar-refractivity contribution in [3.63, 3.8) is 0 Å². The average Bonchev–Trinajstić information content (AvgIpc) is 1.65. The molecule has 1 unspecified atom stereocenters. The molecule has 1 atom stereocenters. The highest BCUT2D eigenvalue weighted by Gasteiger charge is 2.23. The second-order valence-electron chi connectivity index (χ2n) is 2.54. The maximum absolute atomic E-state index is 8.96. The fourth-order valence-corrected chi connectivity index (χ4v) is 0.642. The van der Waals surface area contributed by atoms with Crippen molar-refractivity contribution in [2.75, 3.05) is 0 Å². The Bertz CT molecular complexity index is 81.1. The number of hydrogen-bond acceptors (Lipinski definition) is 3. The van der Waals surface area contributed by atoms with Gasteiger partial charge in [0.1, 0.15) is 0 Å². The van der Waals surface area contributed by atoms with Crippen molar-refractivity contribution in [3.8, 4) is 0 Å². The number of aliphatic hydroxyl groups is 1. The zero-order chi connectivity index (χ0) is 7.49. The maximum Gasteiger partial charge on any atom is 0.0900 e. The Kier molecular flexibility index (Phi) is 3.11. The molecule has 0 heterocycles. The monoisotopic (exact) mass is 132 g/mol. The molecular formula is C6H16N2O. The van der Waals surface area contributed by atoms with Crippen molar-refractivity contribution in [2.24, 2.45) is 11.5 Å². The van der Waals surface area contributed by atoms with Crippen LogP contribution in [-0.2, 0) is 0 Å². The van der Waals surface area contributed by atoms with Gasteiger partial charge in [0.25, 0.3) is 0 Å². The van der Waals surface area contributed by atoms with Crippen LogP contribution in [0.4, 0.5) is 0 Å². The molecule has 0 aliphatic carbocycles.